The Labute approximate surface area is 109 Å². The Kier molecular flexibility index (Phi) is 4.01. The van der Waals surface area contributed by atoms with Crippen molar-refractivity contribution in [3.63, 3.8) is 0 Å². The van der Waals surface area contributed by atoms with E-state index in [0.717, 1.165) is 0 Å². The van der Waals surface area contributed by atoms with Crippen molar-refractivity contribution in [2.75, 3.05) is 26.3 Å². The molecule has 1 aromatic heterocycles. The molecule has 0 unspecified atom stereocenters. The molecule has 0 bridgehead atoms. The van der Waals surface area contributed by atoms with Gasteiger partial charge >= 0.3 is 5.63 Å². The summed E-state index contributed by atoms with van der Waals surface area (Å²) in [4.78, 5) is 25.3. The maximum Gasteiger partial charge on any atom is 0.351 e. The minimum atomic E-state index is -0.825. The molecule has 19 heavy (non-hydrogen) atoms. The summed E-state index contributed by atoms with van der Waals surface area (Å²) in [6.45, 7) is 4.13. The molecule has 0 aliphatic carbocycles. The molecular formula is C13H15NO5. The third-order valence-electron chi connectivity index (χ3n) is 2.78. The smallest absolute Gasteiger partial charge is 0.351 e. The van der Waals surface area contributed by atoms with Crippen molar-refractivity contribution in [3.05, 3.63) is 40.1 Å². The Morgan fingerprint density at radius 1 is 1.42 bits per heavy atom. The van der Waals surface area contributed by atoms with Crippen LogP contribution >= 0.6 is 0 Å². The second-order valence-electron chi connectivity index (χ2n) is 4.23. The molecule has 1 aliphatic heterocycles. The van der Waals surface area contributed by atoms with Crippen molar-refractivity contribution >= 4 is 5.78 Å². The summed E-state index contributed by atoms with van der Waals surface area (Å²) < 4.78 is 9.98. The highest BCUT2D eigenvalue weighted by Gasteiger charge is 2.16. The number of hydrogen-bond donors (Lipinski definition) is 1. The number of ether oxygens (including phenoxy) is 1. The third kappa shape index (κ3) is 3.23. The number of allylic oxidation sites excluding steroid dienone is 1. The minimum absolute atomic E-state index is 0.260. The first-order valence-electron chi connectivity index (χ1n) is 5.96. The van der Waals surface area contributed by atoms with Crippen molar-refractivity contribution in [3.8, 4) is 5.75 Å². The number of ketones is 1. The van der Waals surface area contributed by atoms with E-state index in [1.807, 2.05) is 4.90 Å². The lowest BCUT2D eigenvalue weighted by Gasteiger charge is -2.24. The number of carbonyl (C=O) groups is 1. The van der Waals surface area contributed by atoms with Gasteiger partial charge in [0.25, 0.3) is 0 Å². The average molecular weight is 265 g/mol. The van der Waals surface area contributed by atoms with Gasteiger partial charge in [-0.2, -0.15) is 0 Å². The van der Waals surface area contributed by atoms with E-state index in [-0.39, 0.29) is 17.1 Å². The van der Waals surface area contributed by atoms with Gasteiger partial charge in [-0.25, -0.2) is 4.79 Å². The Morgan fingerprint density at radius 2 is 2.11 bits per heavy atom. The number of rotatable bonds is 3. The lowest BCUT2D eigenvalue weighted by atomic mass is 10.1. The van der Waals surface area contributed by atoms with Gasteiger partial charge in [0.1, 0.15) is 17.1 Å². The highest BCUT2D eigenvalue weighted by atomic mass is 16.5. The van der Waals surface area contributed by atoms with E-state index in [0.29, 0.717) is 26.3 Å². The summed E-state index contributed by atoms with van der Waals surface area (Å²) >= 11 is 0. The summed E-state index contributed by atoms with van der Waals surface area (Å²) in [6, 6.07) is 1.25. The second kappa shape index (κ2) is 5.71. The monoisotopic (exact) mass is 265 g/mol. The molecule has 0 aromatic carbocycles. The molecule has 2 rings (SSSR count). The standard InChI is InChI=1S/C13H15NO5/c1-9-8-11(16)12(13(17)19-9)10(15)2-3-14-4-6-18-7-5-14/h2-3,8,16H,4-7H2,1H3/b3-2+. The van der Waals surface area contributed by atoms with Crippen molar-refractivity contribution < 1.29 is 19.1 Å². The van der Waals surface area contributed by atoms with Gasteiger partial charge < -0.3 is 19.2 Å². The lowest BCUT2D eigenvalue weighted by Crippen LogP contribution is -2.32. The number of carbonyl (C=O) groups excluding carboxylic acids is 1. The van der Waals surface area contributed by atoms with Gasteiger partial charge in [0.2, 0.25) is 0 Å². The first kappa shape index (κ1) is 13.4. The zero-order valence-electron chi connectivity index (χ0n) is 10.6. The van der Waals surface area contributed by atoms with E-state index in [1.54, 1.807) is 6.20 Å². The lowest BCUT2D eigenvalue weighted by molar-refractivity contribution is 0.0591. The molecule has 0 saturated carbocycles. The summed E-state index contributed by atoms with van der Waals surface area (Å²) in [5, 5.41) is 9.63. The number of morpholine rings is 1. The maximum absolute atomic E-state index is 11.9. The third-order valence-corrected chi connectivity index (χ3v) is 2.78. The fraction of sp³-hybridized carbons (Fsp3) is 0.385. The predicted molar refractivity (Wildman–Crippen MR) is 67.2 cm³/mol. The van der Waals surface area contributed by atoms with Gasteiger partial charge in [-0.1, -0.05) is 0 Å². The maximum atomic E-state index is 11.9. The predicted octanol–water partition coefficient (Wildman–Crippen LogP) is 0.682. The molecule has 6 heteroatoms. The Balaban J connectivity index is 2.16. The van der Waals surface area contributed by atoms with Crippen LogP contribution in [0.15, 0.2) is 27.6 Å². The molecule has 0 atom stereocenters. The van der Waals surface area contributed by atoms with Gasteiger partial charge in [0, 0.05) is 31.4 Å². The number of aromatic hydroxyl groups is 1. The normalized spacial score (nSPS) is 15.9. The molecule has 0 spiro atoms. The zero-order valence-corrected chi connectivity index (χ0v) is 10.6. The van der Waals surface area contributed by atoms with Crippen molar-refractivity contribution in [1.82, 2.24) is 4.90 Å². The van der Waals surface area contributed by atoms with Gasteiger partial charge in [-0.15, -0.1) is 0 Å². The molecule has 102 valence electrons. The Morgan fingerprint density at radius 3 is 2.74 bits per heavy atom. The summed E-state index contributed by atoms with van der Waals surface area (Å²) in [5.41, 5.74) is -1.16. The van der Waals surface area contributed by atoms with Crippen LogP contribution in [0.4, 0.5) is 0 Å². The van der Waals surface area contributed by atoms with Gasteiger partial charge in [0.15, 0.2) is 5.78 Å². The van der Waals surface area contributed by atoms with E-state index in [9.17, 15) is 14.7 Å². The topological polar surface area (TPSA) is 80.0 Å². The number of aryl methyl sites for hydroxylation is 1. The Hall–Kier alpha value is -2.08. The zero-order chi connectivity index (χ0) is 13.8. The average Bonchev–Trinajstić information content (AvgIpc) is 2.36. The summed E-state index contributed by atoms with van der Waals surface area (Å²) in [7, 11) is 0. The van der Waals surface area contributed by atoms with E-state index in [2.05, 4.69) is 0 Å². The first-order valence-corrected chi connectivity index (χ1v) is 5.96. The molecule has 0 amide bonds. The van der Waals surface area contributed by atoms with Crippen LogP contribution in [-0.4, -0.2) is 42.1 Å². The number of hydrogen-bond acceptors (Lipinski definition) is 6. The molecule has 0 radical (unpaired) electrons. The van der Waals surface area contributed by atoms with Crippen LogP contribution < -0.4 is 5.63 Å². The van der Waals surface area contributed by atoms with Gasteiger partial charge in [0.05, 0.1) is 13.2 Å². The number of nitrogens with zero attached hydrogens (tertiary/aromatic N) is 1. The highest BCUT2D eigenvalue weighted by Crippen LogP contribution is 2.15. The van der Waals surface area contributed by atoms with Gasteiger partial charge in [-0.05, 0) is 6.92 Å². The van der Waals surface area contributed by atoms with Crippen molar-refractivity contribution in [1.29, 1.82) is 0 Å². The molecule has 1 saturated heterocycles. The quantitative estimate of drug-likeness (QED) is 0.639. The van der Waals surface area contributed by atoms with Crippen molar-refractivity contribution in [2.24, 2.45) is 0 Å². The molecule has 2 heterocycles. The minimum Gasteiger partial charge on any atom is -0.507 e. The molecular weight excluding hydrogens is 250 g/mol. The summed E-state index contributed by atoms with van der Waals surface area (Å²) in [5.74, 6) is -0.667. The fourth-order valence-electron chi connectivity index (χ4n) is 1.81. The van der Waals surface area contributed by atoms with Crippen LogP contribution in [0, 0.1) is 6.92 Å². The molecule has 1 N–H and O–H groups in total. The van der Waals surface area contributed by atoms with Crippen LogP contribution in [-0.2, 0) is 4.74 Å². The SMILES string of the molecule is Cc1cc(O)c(C(=O)/C=C/N2CCOCC2)c(=O)o1. The highest BCUT2D eigenvalue weighted by molar-refractivity contribution is 6.05. The van der Waals surface area contributed by atoms with Crippen LogP contribution in [0.1, 0.15) is 16.1 Å². The van der Waals surface area contributed by atoms with Crippen LogP contribution in [0.2, 0.25) is 0 Å². The van der Waals surface area contributed by atoms with E-state index < -0.39 is 11.4 Å². The van der Waals surface area contributed by atoms with Crippen LogP contribution in [0.3, 0.4) is 0 Å². The van der Waals surface area contributed by atoms with Gasteiger partial charge in [-0.3, -0.25) is 4.79 Å². The van der Waals surface area contributed by atoms with E-state index in [1.165, 1.54) is 19.1 Å². The van der Waals surface area contributed by atoms with Crippen molar-refractivity contribution in [2.45, 2.75) is 6.92 Å². The molecule has 1 fully saturated rings. The molecule has 1 aromatic rings. The Bertz CT molecular complexity index is 555. The van der Waals surface area contributed by atoms with Crippen LogP contribution in [0.5, 0.6) is 5.75 Å². The fourth-order valence-corrected chi connectivity index (χ4v) is 1.81. The summed E-state index contributed by atoms with van der Waals surface area (Å²) in [6.07, 6.45) is 2.86. The molecule has 1 aliphatic rings. The first-order chi connectivity index (χ1) is 9.08. The van der Waals surface area contributed by atoms with Crippen LogP contribution in [0.25, 0.3) is 0 Å². The molecule has 6 nitrogen and oxygen atoms in total. The van der Waals surface area contributed by atoms with E-state index in [4.69, 9.17) is 9.15 Å². The second-order valence-corrected chi connectivity index (χ2v) is 4.23. The van der Waals surface area contributed by atoms with E-state index >= 15 is 0 Å². The largest absolute Gasteiger partial charge is 0.507 e.